The Morgan fingerprint density at radius 2 is 1.77 bits per heavy atom. The van der Waals surface area contributed by atoms with Crippen LogP contribution in [0.3, 0.4) is 0 Å². The standard InChI is InChI=1S/C25H24N2O2S/c1-2-30-23-13-7-6-12-21(23)24(28)26-20-15-14-18-11-8-16-27(22(18)17-20)25(29)19-9-4-3-5-10-19/h3-7,9-10,12-15,17H,2,8,11,16H2,1H3,(H,26,28). The highest BCUT2D eigenvalue weighted by atomic mass is 32.2. The topological polar surface area (TPSA) is 49.4 Å². The van der Waals surface area contributed by atoms with Gasteiger partial charge < -0.3 is 10.2 Å². The van der Waals surface area contributed by atoms with Crippen LogP contribution in [0.25, 0.3) is 0 Å². The van der Waals surface area contributed by atoms with Crippen molar-refractivity contribution >= 4 is 35.0 Å². The number of fused-ring (bicyclic) bond motifs is 1. The van der Waals surface area contributed by atoms with Gasteiger partial charge in [-0.25, -0.2) is 0 Å². The highest BCUT2D eigenvalue weighted by Gasteiger charge is 2.24. The third-order valence-electron chi connectivity index (χ3n) is 5.16. The van der Waals surface area contributed by atoms with Crippen molar-refractivity contribution in [2.45, 2.75) is 24.7 Å². The van der Waals surface area contributed by atoms with Crippen LogP contribution in [0.15, 0.2) is 77.7 Å². The highest BCUT2D eigenvalue weighted by molar-refractivity contribution is 7.99. The molecule has 1 heterocycles. The quantitative estimate of drug-likeness (QED) is 0.547. The summed E-state index contributed by atoms with van der Waals surface area (Å²) in [6.45, 7) is 2.75. The van der Waals surface area contributed by atoms with Crippen LogP contribution in [0, 0.1) is 0 Å². The van der Waals surface area contributed by atoms with Gasteiger partial charge in [-0.2, -0.15) is 0 Å². The predicted octanol–water partition coefficient (Wildman–Crippen LogP) is 5.64. The van der Waals surface area contributed by atoms with Crippen LogP contribution in [0.1, 0.15) is 39.6 Å². The molecule has 1 aliphatic heterocycles. The van der Waals surface area contributed by atoms with Gasteiger partial charge in [0.1, 0.15) is 0 Å². The van der Waals surface area contributed by atoms with Crippen molar-refractivity contribution in [1.29, 1.82) is 0 Å². The number of rotatable bonds is 5. The van der Waals surface area contributed by atoms with Gasteiger partial charge in [0.05, 0.1) is 5.56 Å². The Kier molecular flexibility index (Phi) is 6.19. The van der Waals surface area contributed by atoms with E-state index < -0.39 is 0 Å². The lowest BCUT2D eigenvalue weighted by Crippen LogP contribution is -2.35. The lowest BCUT2D eigenvalue weighted by atomic mass is 10.00. The maximum Gasteiger partial charge on any atom is 0.258 e. The SMILES string of the molecule is CCSc1ccccc1C(=O)Nc1ccc2c(c1)N(C(=O)c1ccccc1)CCC2. The third-order valence-corrected chi connectivity index (χ3v) is 6.11. The molecule has 0 aliphatic carbocycles. The molecule has 0 aromatic heterocycles. The van der Waals surface area contributed by atoms with Gasteiger partial charge in [0, 0.05) is 28.4 Å². The number of aryl methyl sites for hydroxylation is 1. The molecule has 4 rings (SSSR count). The average Bonchev–Trinajstić information content (AvgIpc) is 2.79. The Hall–Kier alpha value is -3.05. The predicted molar refractivity (Wildman–Crippen MR) is 124 cm³/mol. The molecule has 0 atom stereocenters. The lowest BCUT2D eigenvalue weighted by Gasteiger charge is -2.30. The summed E-state index contributed by atoms with van der Waals surface area (Å²) in [5, 5.41) is 3.02. The van der Waals surface area contributed by atoms with Crippen LogP contribution in [-0.4, -0.2) is 24.1 Å². The molecule has 1 aliphatic rings. The van der Waals surface area contributed by atoms with Gasteiger partial charge in [0.15, 0.2) is 0 Å². The monoisotopic (exact) mass is 416 g/mol. The van der Waals surface area contributed by atoms with Gasteiger partial charge in [-0.1, -0.05) is 43.3 Å². The van der Waals surface area contributed by atoms with Crippen LogP contribution < -0.4 is 10.2 Å². The molecule has 2 amide bonds. The highest BCUT2D eigenvalue weighted by Crippen LogP contribution is 2.32. The fraction of sp³-hybridized carbons (Fsp3) is 0.200. The van der Waals surface area contributed by atoms with Crippen LogP contribution in [0.5, 0.6) is 0 Å². The zero-order valence-electron chi connectivity index (χ0n) is 16.9. The lowest BCUT2D eigenvalue weighted by molar-refractivity contribution is 0.0984. The van der Waals surface area contributed by atoms with Crippen molar-refractivity contribution in [2.24, 2.45) is 0 Å². The number of hydrogen-bond acceptors (Lipinski definition) is 3. The van der Waals surface area contributed by atoms with Gasteiger partial charge in [0.25, 0.3) is 11.8 Å². The van der Waals surface area contributed by atoms with Crippen LogP contribution in [0.2, 0.25) is 0 Å². The molecule has 0 radical (unpaired) electrons. The minimum atomic E-state index is -0.136. The van der Waals surface area contributed by atoms with Crippen LogP contribution >= 0.6 is 11.8 Å². The molecule has 3 aromatic rings. The van der Waals surface area contributed by atoms with Crippen LogP contribution in [-0.2, 0) is 6.42 Å². The second-order valence-corrected chi connectivity index (χ2v) is 8.46. The van der Waals surface area contributed by atoms with E-state index in [2.05, 4.69) is 12.2 Å². The maximum absolute atomic E-state index is 13.1. The summed E-state index contributed by atoms with van der Waals surface area (Å²) in [7, 11) is 0. The fourth-order valence-electron chi connectivity index (χ4n) is 3.73. The Balaban J connectivity index is 1.60. The summed E-state index contributed by atoms with van der Waals surface area (Å²) in [6, 6.07) is 22.8. The molecule has 0 spiro atoms. The Bertz CT molecular complexity index is 1070. The van der Waals surface area contributed by atoms with Gasteiger partial charge in [-0.05, 0) is 60.6 Å². The first-order valence-electron chi connectivity index (χ1n) is 10.2. The summed E-state index contributed by atoms with van der Waals surface area (Å²) >= 11 is 1.65. The molecule has 3 aromatic carbocycles. The average molecular weight is 417 g/mol. The van der Waals surface area contributed by atoms with E-state index in [1.54, 1.807) is 11.8 Å². The zero-order chi connectivity index (χ0) is 20.9. The molecule has 0 fully saturated rings. The van der Waals surface area contributed by atoms with Gasteiger partial charge in [0.2, 0.25) is 0 Å². The molecule has 0 saturated heterocycles. The molecule has 0 unspecified atom stereocenters. The van der Waals surface area contributed by atoms with E-state index in [-0.39, 0.29) is 11.8 Å². The van der Waals surface area contributed by atoms with Crippen molar-refractivity contribution in [1.82, 2.24) is 0 Å². The fourth-order valence-corrected chi connectivity index (χ4v) is 4.54. The number of nitrogens with one attached hydrogen (secondary N) is 1. The second-order valence-electron chi connectivity index (χ2n) is 7.15. The first kappa shape index (κ1) is 20.2. The van der Waals surface area contributed by atoms with Crippen molar-refractivity contribution < 1.29 is 9.59 Å². The van der Waals surface area contributed by atoms with E-state index >= 15 is 0 Å². The number of nitrogens with zero attached hydrogens (tertiary/aromatic N) is 1. The number of carbonyl (C=O) groups is 2. The first-order chi connectivity index (χ1) is 14.7. The molecular weight excluding hydrogens is 392 g/mol. The van der Waals surface area contributed by atoms with E-state index in [9.17, 15) is 9.59 Å². The second kappa shape index (κ2) is 9.18. The molecule has 30 heavy (non-hydrogen) atoms. The third kappa shape index (κ3) is 4.26. The van der Waals surface area contributed by atoms with E-state index in [1.807, 2.05) is 77.7 Å². The molecule has 0 bridgehead atoms. The summed E-state index contributed by atoms with van der Waals surface area (Å²) in [6.07, 6.45) is 1.86. The zero-order valence-corrected chi connectivity index (χ0v) is 17.7. The van der Waals surface area contributed by atoms with Gasteiger partial charge >= 0.3 is 0 Å². The Labute approximate surface area is 181 Å². The van der Waals surface area contributed by atoms with Crippen molar-refractivity contribution in [3.63, 3.8) is 0 Å². The Morgan fingerprint density at radius 3 is 2.57 bits per heavy atom. The molecular formula is C25H24N2O2S. The minimum absolute atomic E-state index is 0.00952. The van der Waals surface area contributed by atoms with E-state index in [4.69, 9.17) is 0 Å². The molecule has 1 N–H and O–H groups in total. The number of hydrogen-bond donors (Lipinski definition) is 1. The van der Waals surface area contributed by atoms with E-state index in [1.165, 1.54) is 0 Å². The van der Waals surface area contributed by atoms with Crippen molar-refractivity contribution in [2.75, 3.05) is 22.5 Å². The molecule has 152 valence electrons. The van der Waals surface area contributed by atoms with E-state index in [0.717, 1.165) is 34.7 Å². The number of benzene rings is 3. The van der Waals surface area contributed by atoms with Gasteiger partial charge in [-0.3, -0.25) is 9.59 Å². The Morgan fingerprint density at radius 1 is 1.00 bits per heavy atom. The smallest absolute Gasteiger partial charge is 0.258 e. The number of amides is 2. The summed E-state index contributed by atoms with van der Waals surface area (Å²) < 4.78 is 0. The number of anilines is 2. The minimum Gasteiger partial charge on any atom is -0.322 e. The number of carbonyl (C=O) groups excluding carboxylic acids is 2. The molecule has 4 nitrogen and oxygen atoms in total. The normalized spacial score (nSPS) is 12.9. The summed E-state index contributed by atoms with van der Waals surface area (Å²) in [5.74, 6) is 0.757. The summed E-state index contributed by atoms with van der Waals surface area (Å²) in [4.78, 5) is 28.8. The van der Waals surface area contributed by atoms with E-state index in [0.29, 0.717) is 23.4 Å². The maximum atomic E-state index is 13.1. The summed E-state index contributed by atoms with van der Waals surface area (Å²) in [5.41, 5.74) is 4.04. The number of thioether (sulfide) groups is 1. The van der Waals surface area contributed by atoms with Crippen molar-refractivity contribution in [3.8, 4) is 0 Å². The van der Waals surface area contributed by atoms with Gasteiger partial charge in [-0.15, -0.1) is 11.8 Å². The molecule has 5 heteroatoms. The van der Waals surface area contributed by atoms with Crippen molar-refractivity contribution in [3.05, 3.63) is 89.5 Å². The molecule has 0 saturated carbocycles. The first-order valence-corrected chi connectivity index (χ1v) is 11.2. The largest absolute Gasteiger partial charge is 0.322 e. The van der Waals surface area contributed by atoms with Crippen LogP contribution in [0.4, 0.5) is 11.4 Å².